The van der Waals surface area contributed by atoms with E-state index < -0.39 is 54.4 Å². The van der Waals surface area contributed by atoms with Crippen LogP contribution in [0.5, 0.6) is 0 Å². The van der Waals surface area contributed by atoms with Crippen molar-refractivity contribution in [3.8, 4) is 0 Å². The largest absolute Gasteiger partial charge is 0.458 e. The Hall–Kier alpha value is -1.15. The molecule has 11 heteroatoms. The highest BCUT2D eigenvalue weighted by Crippen LogP contribution is 2.70. The van der Waals surface area contributed by atoms with Crippen LogP contribution in [-0.2, 0) is 19.1 Å². The first-order valence-corrected chi connectivity index (χ1v) is 15.3. The number of carbonyl (C=O) groups is 1. The summed E-state index contributed by atoms with van der Waals surface area (Å²) in [5, 5.41) is 66.8. The lowest BCUT2D eigenvalue weighted by Crippen LogP contribution is -2.68. The predicted molar refractivity (Wildman–Crippen MR) is 144 cm³/mol. The van der Waals surface area contributed by atoms with Gasteiger partial charge in [0.1, 0.15) is 31.0 Å². The van der Waals surface area contributed by atoms with Crippen molar-refractivity contribution in [3.05, 3.63) is 11.6 Å². The first-order valence-electron chi connectivity index (χ1n) is 15.3. The fraction of sp³-hybridized carbons (Fsp3) is 0.900. The van der Waals surface area contributed by atoms with Crippen molar-refractivity contribution in [3.63, 3.8) is 0 Å². The summed E-state index contributed by atoms with van der Waals surface area (Å²) in [7, 11) is 1.49. The molecule has 0 unspecified atom stereocenters. The summed E-state index contributed by atoms with van der Waals surface area (Å²) < 4.78 is 11.0. The molecule has 0 aromatic carbocycles. The average molecular weight is 582 g/mol. The van der Waals surface area contributed by atoms with Crippen LogP contribution in [0.4, 0.5) is 0 Å². The minimum absolute atomic E-state index is 0.0429. The maximum Gasteiger partial charge on any atom is 0.331 e. The second-order valence-electron chi connectivity index (χ2n) is 14.1. The lowest BCUT2D eigenvalue weighted by atomic mass is 9.42. The summed E-state index contributed by atoms with van der Waals surface area (Å²) in [5.41, 5.74) is -1.01. The van der Waals surface area contributed by atoms with E-state index in [0.29, 0.717) is 12.8 Å². The van der Waals surface area contributed by atoms with E-state index in [9.17, 15) is 35.4 Å². The number of aliphatic hydroxyl groups excluding tert-OH is 5. The Labute approximate surface area is 241 Å². The molecule has 0 aromatic heterocycles. The van der Waals surface area contributed by atoms with E-state index >= 15 is 0 Å². The first kappa shape index (κ1) is 29.9. The molecule has 11 nitrogen and oxygen atoms in total. The Morgan fingerprint density at radius 1 is 1.00 bits per heavy atom. The Kier molecular flexibility index (Phi) is 7.65. The molecule has 0 radical (unpaired) electrons. The number of cyclic esters (lactones) is 1. The van der Waals surface area contributed by atoms with E-state index in [4.69, 9.17) is 14.3 Å². The van der Waals surface area contributed by atoms with Gasteiger partial charge in [-0.25, -0.2) is 4.79 Å². The van der Waals surface area contributed by atoms with Gasteiger partial charge < -0.3 is 40.1 Å². The van der Waals surface area contributed by atoms with Gasteiger partial charge in [0.15, 0.2) is 6.23 Å². The van der Waals surface area contributed by atoms with Crippen molar-refractivity contribution >= 4 is 5.97 Å². The van der Waals surface area contributed by atoms with Crippen LogP contribution in [0.2, 0.25) is 0 Å². The number of aliphatic hydroxyl groups is 6. The molecule has 4 aliphatic carbocycles. The molecule has 0 aromatic rings. The minimum Gasteiger partial charge on any atom is -0.458 e. The highest BCUT2D eigenvalue weighted by atomic mass is 16.7. The van der Waals surface area contributed by atoms with Crippen molar-refractivity contribution in [2.75, 3.05) is 20.3 Å². The van der Waals surface area contributed by atoms with Crippen LogP contribution in [0.1, 0.15) is 65.2 Å². The highest BCUT2D eigenvalue weighted by Gasteiger charge is 2.71. The molecule has 6 rings (SSSR count). The van der Waals surface area contributed by atoms with Crippen molar-refractivity contribution in [1.29, 1.82) is 0 Å². The number of nitrogens with zero attached hydrogens (tertiary/aromatic N) is 1. The maximum atomic E-state index is 12.5. The Morgan fingerprint density at radius 3 is 2.41 bits per heavy atom. The molecule has 0 bridgehead atoms. The summed E-state index contributed by atoms with van der Waals surface area (Å²) in [6.45, 7) is 4.05. The minimum atomic E-state index is -1.48. The van der Waals surface area contributed by atoms with Crippen LogP contribution in [0.15, 0.2) is 11.6 Å². The zero-order valence-electron chi connectivity index (χ0n) is 24.3. The molecule has 2 heterocycles. The molecule has 4 saturated carbocycles. The van der Waals surface area contributed by atoms with E-state index in [-0.39, 0.29) is 47.7 Å². The Bertz CT molecular complexity index is 1050. The van der Waals surface area contributed by atoms with Gasteiger partial charge in [-0.1, -0.05) is 13.8 Å². The summed E-state index contributed by atoms with van der Waals surface area (Å²) in [5.74, 6) is 0.0192. The topological polar surface area (TPSA) is 169 Å². The van der Waals surface area contributed by atoms with Crippen molar-refractivity contribution in [2.45, 2.75) is 114 Å². The maximum absolute atomic E-state index is 12.5. The number of carbonyl (C=O) groups excluding carboxylic acids is 1. The van der Waals surface area contributed by atoms with E-state index in [1.165, 1.54) is 7.11 Å². The van der Waals surface area contributed by atoms with Gasteiger partial charge >= 0.3 is 5.97 Å². The highest BCUT2D eigenvalue weighted by molar-refractivity contribution is 5.85. The van der Waals surface area contributed by atoms with Crippen molar-refractivity contribution < 1.29 is 49.7 Å². The molecule has 5 fully saturated rings. The lowest BCUT2D eigenvalue weighted by Gasteiger charge is -2.65. The van der Waals surface area contributed by atoms with Crippen LogP contribution in [0.25, 0.3) is 0 Å². The molecule has 0 spiro atoms. The summed E-state index contributed by atoms with van der Waals surface area (Å²) in [6, 6.07) is -0.124. The number of ether oxygens (including phenoxy) is 2. The number of hydrogen-bond donors (Lipinski definition) is 6. The van der Waals surface area contributed by atoms with Gasteiger partial charge in [0.05, 0.1) is 25.4 Å². The zero-order chi connectivity index (χ0) is 29.5. The summed E-state index contributed by atoms with van der Waals surface area (Å²) >= 11 is 0. The molecule has 41 heavy (non-hydrogen) atoms. The van der Waals surface area contributed by atoms with Gasteiger partial charge in [-0.2, -0.15) is 5.06 Å². The van der Waals surface area contributed by atoms with E-state index in [2.05, 4.69) is 6.92 Å². The molecule has 2 aliphatic heterocycles. The smallest absolute Gasteiger partial charge is 0.331 e. The normalized spacial score (nSPS) is 53.4. The Balaban J connectivity index is 1.22. The molecule has 1 saturated heterocycles. The van der Waals surface area contributed by atoms with Gasteiger partial charge in [-0.05, 0) is 86.0 Å². The Morgan fingerprint density at radius 2 is 1.76 bits per heavy atom. The average Bonchev–Trinajstić information content (AvgIpc) is 3.50. The van der Waals surface area contributed by atoms with Gasteiger partial charge in [0.2, 0.25) is 0 Å². The SMILES string of the molecule is CON([C@@H]1CC[C@@]2(C)[C@H](CC[C@@H]3[C@@H]2C[C@@H](O)[C@]2(C)[C@@H](C4=CC(=O)OC4)CC[C@]32O)C1)[C@H]1O[C@@H](CO)[C@H](O)[C@@H](O)[C@@H]1O. The first-order chi connectivity index (χ1) is 19.4. The molecule has 14 atom stereocenters. The quantitative estimate of drug-likeness (QED) is 0.194. The van der Waals surface area contributed by atoms with Crippen LogP contribution in [-0.4, -0.2) is 110 Å². The molecule has 6 N–H and O–H groups in total. The summed E-state index contributed by atoms with van der Waals surface area (Å²) in [4.78, 5) is 17.6. The van der Waals surface area contributed by atoms with Crippen LogP contribution >= 0.6 is 0 Å². The van der Waals surface area contributed by atoms with E-state index in [0.717, 1.165) is 44.1 Å². The number of hydrogen-bond acceptors (Lipinski definition) is 11. The third-order valence-electron chi connectivity index (χ3n) is 12.7. The number of fused-ring (bicyclic) bond motifs is 5. The van der Waals surface area contributed by atoms with Crippen molar-refractivity contribution in [1.82, 2.24) is 5.06 Å². The molecular weight excluding hydrogens is 534 g/mol. The van der Waals surface area contributed by atoms with Crippen LogP contribution < -0.4 is 0 Å². The van der Waals surface area contributed by atoms with Crippen molar-refractivity contribution in [2.24, 2.45) is 34.5 Å². The fourth-order valence-corrected chi connectivity index (χ4v) is 10.4. The van der Waals surface area contributed by atoms with Gasteiger partial charge in [0, 0.05) is 17.5 Å². The second-order valence-corrected chi connectivity index (χ2v) is 14.1. The van der Waals surface area contributed by atoms with Gasteiger partial charge in [-0.3, -0.25) is 4.84 Å². The van der Waals surface area contributed by atoms with E-state index in [1.807, 2.05) is 6.92 Å². The third-order valence-corrected chi connectivity index (χ3v) is 12.7. The van der Waals surface area contributed by atoms with Gasteiger partial charge in [-0.15, -0.1) is 0 Å². The predicted octanol–water partition coefficient (Wildman–Crippen LogP) is 0.246. The molecule has 232 valence electrons. The monoisotopic (exact) mass is 581 g/mol. The number of rotatable bonds is 5. The second kappa shape index (κ2) is 10.5. The lowest BCUT2D eigenvalue weighted by molar-refractivity contribution is -0.345. The standard InChI is InChI=1S/C30H47NO10/c1-28-8-6-17(31(39-3)27-26(37)25(36)24(35)21(13-32)41-27)11-16(28)4-5-19-20(28)12-22(33)29(2)18(7-9-30(19,29)38)15-10-23(34)40-14-15/h10,16-22,24-27,32-33,35-38H,4-9,11-14H2,1-3H3/t16-,17-,18-,19-,20+,21+,22-,24+,25-,26+,27+,28+,29+,30+/m1/s1. The van der Waals surface area contributed by atoms with Crippen LogP contribution in [0.3, 0.4) is 0 Å². The third kappa shape index (κ3) is 4.22. The number of esters is 1. The molecule has 6 aliphatic rings. The van der Waals surface area contributed by atoms with E-state index in [1.54, 1.807) is 11.1 Å². The van der Waals surface area contributed by atoms with Gasteiger partial charge in [0.25, 0.3) is 0 Å². The summed E-state index contributed by atoms with van der Waals surface area (Å²) in [6.07, 6.45) is 0.416. The zero-order valence-corrected chi connectivity index (χ0v) is 24.3. The van der Waals surface area contributed by atoms with Crippen LogP contribution in [0, 0.1) is 34.5 Å². The fourth-order valence-electron chi connectivity index (χ4n) is 10.4. The molecule has 0 amide bonds. The molecular formula is C30H47NO10. The number of hydroxylamine groups is 2.